The predicted molar refractivity (Wildman–Crippen MR) is 243 cm³/mol. The molecule has 60 heavy (non-hydrogen) atoms. The van der Waals surface area contributed by atoms with Crippen LogP contribution in [-0.4, -0.2) is 63.6 Å². The predicted octanol–water partition coefficient (Wildman–Crippen LogP) is 8.13. The van der Waals surface area contributed by atoms with Crippen LogP contribution in [0.3, 0.4) is 0 Å². The standard InChI is InChI=1S/3C8H14N2.3C7H13N3/c1-6(2)8-5-9-7(3)10(8)4;1-6(2)8-9-7(3)5-10(8)4;1-6(2)8-9-5-7(3)10(8)4;1-5(2)7-9-8-6(3)10(7)4;1-5(2)7-8-6(3)10(4)9-7;1-5(2)7-8-6(3)9-10(7)4/h3*5-6H,1-4H3;3*5H,1-4H3/p+2. The number of imidazole rings is 3. The van der Waals surface area contributed by atoms with E-state index in [2.05, 4.69) is 169 Å². The van der Waals surface area contributed by atoms with E-state index in [-0.39, 0.29) is 0 Å². The zero-order chi connectivity index (χ0) is 46.3. The topological polar surface area (TPSA) is 149 Å². The fourth-order valence-corrected chi connectivity index (χ4v) is 6.08. The monoisotopic (exact) mass is 834 g/mol. The molecular formula is C45H83N15+2. The zero-order valence-corrected chi connectivity index (χ0v) is 42.0. The summed E-state index contributed by atoms with van der Waals surface area (Å²) in [4.78, 5) is 21.5. The Balaban J connectivity index is 0.000000360. The van der Waals surface area contributed by atoms with Gasteiger partial charge in [0, 0.05) is 95.7 Å². The van der Waals surface area contributed by atoms with E-state index in [1.807, 2.05) is 89.1 Å². The lowest BCUT2D eigenvalue weighted by Gasteiger charge is -2.05. The van der Waals surface area contributed by atoms with Gasteiger partial charge in [-0.1, -0.05) is 83.1 Å². The molecule has 0 fully saturated rings. The van der Waals surface area contributed by atoms with E-state index in [4.69, 9.17) is 0 Å². The summed E-state index contributed by atoms with van der Waals surface area (Å²) in [5.74, 6) is 12.7. The first-order valence-electron chi connectivity index (χ1n) is 21.4. The maximum absolute atomic E-state index is 4.37. The number of aryl methyl sites for hydroxylation is 9. The van der Waals surface area contributed by atoms with Gasteiger partial charge in [0.1, 0.15) is 43.2 Å². The zero-order valence-electron chi connectivity index (χ0n) is 42.0. The van der Waals surface area contributed by atoms with Gasteiger partial charge < -0.3 is 18.3 Å². The molecule has 0 bridgehead atoms. The van der Waals surface area contributed by atoms with Crippen molar-refractivity contribution in [1.82, 2.24) is 63.6 Å². The number of hydrogen-bond acceptors (Lipinski definition) is 7. The summed E-state index contributed by atoms with van der Waals surface area (Å²) in [5, 5.41) is 14.2. The maximum atomic E-state index is 4.37. The Labute approximate surface area is 362 Å². The van der Waals surface area contributed by atoms with E-state index in [1.165, 1.54) is 11.4 Å². The van der Waals surface area contributed by atoms with Gasteiger partial charge in [0.25, 0.3) is 5.82 Å². The summed E-state index contributed by atoms with van der Waals surface area (Å²) in [6.45, 7) is 37.7. The highest BCUT2D eigenvalue weighted by atomic mass is 15.3. The van der Waals surface area contributed by atoms with Crippen LogP contribution in [0.15, 0.2) is 18.6 Å². The van der Waals surface area contributed by atoms with E-state index in [9.17, 15) is 0 Å². The molecule has 0 saturated carbocycles. The molecule has 0 spiro atoms. The minimum atomic E-state index is 0.464. The van der Waals surface area contributed by atoms with Crippen LogP contribution in [0, 0.1) is 41.5 Å². The Hall–Kier alpha value is -4.95. The third-order valence-corrected chi connectivity index (χ3v) is 9.88. The van der Waals surface area contributed by atoms with Crippen LogP contribution in [0.2, 0.25) is 0 Å². The molecule has 0 atom stereocenters. The number of rotatable bonds is 6. The van der Waals surface area contributed by atoms with Crippen molar-refractivity contribution in [2.45, 2.75) is 160 Å². The molecule has 0 unspecified atom stereocenters. The van der Waals surface area contributed by atoms with Gasteiger partial charge in [-0.05, 0) is 43.6 Å². The Morgan fingerprint density at radius 2 is 1.08 bits per heavy atom. The molecule has 6 rings (SSSR count). The van der Waals surface area contributed by atoms with Crippen molar-refractivity contribution in [3.05, 3.63) is 88.1 Å². The molecule has 6 aromatic rings. The fourth-order valence-electron chi connectivity index (χ4n) is 6.08. The molecule has 0 saturated heterocycles. The molecule has 336 valence electrons. The van der Waals surface area contributed by atoms with Gasteiger partial charge in [-0.15, -0.1) is 10.2 Å². The van der Waals surface area contributed by atoms with Gasteiger partial charge in [-0.3, -0.25) is 0 Å². The minimum absolute atomic E-state index is 0.464. The largest absolute Gasteiger partial charge is 0.338 e. The normalized spacial score (nSPS) is 10.9. The first kappa shape index (κ1) is 53.1. The quantitative estimate of drug-likeness (QED) is 0.161. The third kappa shape index (κ3) is 16.2. The molecule has 0 radical (unpaired) electrons. The van der Waals surface area contributed by atoms with Crippen molar-refractivity contribution in [2.75, 3.05) is 0 Å². The molecule has 0 amide bonds. The molecule has 15 nitrogen and oxygen atoms in total. The van der Waals surface area contributed by atoms with Gasteiger partial charge in [0.2, 0.25) is 5.82 Å². The summed E-state index contributed by atoms with van der Waals surface area (Å²) in [6, 6.07) is 0. The molecular weight excluding hydrogens is 751 g/mol. The lowest BCUT2D eigenvalue weighted by atomic mass is 10.1. The second-order valence-electron chi connectivity index (χ2n) is 17.5. The van der Waals surface area contributed by atoms with Crippen molar-refractivity contribution in [2.24, 2.45) is 42.3 Å². The molecule has 0 aliphatic carbocycles. The molecule has 15 heteroatoms. The summed E-state index contributed by atoms with van der Waals surface area (Å²) in [6.07, 6.45) is 5.91. The number of aromatic amines is 2. The maximum Gasteiger partial charge on any atom is 0.321 e. The number of hydrogen-bond donors (Lipinski definition) is 2. The van der Waals surface area contributed by atoms with Crippen molar-refractivity contribution >= 4 is 0 Å². The number of H-pyrrole nitrogens is 2. The van der Waals surface area contributed by atoms with Gasteiger partial charge in [-0.2, -0.15) is 19.6 Å². The molecule has 6 aromatic heterocycles. The highest BCUT2D eigenvalue weighted by Crippen LogP contribution is 2.15. The van der Waals surface area contributed by atoms with Gasteiger partial charge in [0.15, 0.2) is 0 Å². The van der Waals surface area contributed by atoms with E-state index < -0.39 is 0 Å². The first-order valence-corrected chi connectivity index (χ1v) is 21.4. The van der Waals surface area contributed by atoms with E-state index >= 15 is 0 Å². The lowest BCUT2D eigenvalue weighted by molar-refractivity contribution is -0.736. The Morgan fingerprint density at radius 3 is 1.28 bits per heavy atom. The van der Waals surface area contributed by atoms with Crippen molar-refractivity contribution < 1.29 is 9.36 Å². The highest BCUT2D eigenvalue weighted by Gasteiger charge is 2.17. The first-order chi connectivity index (χ1) is 27.7. The second kappa shape index (κ2) is 24.3. The number of nitrogens with zero attached hydrogens (tertiary/aromatic N) is 13. The fraction of sp³-hybridized carbons (Fsp3) is 0.667. The van der Waals surface area contributed by atoms with Crippen LogP contribution in [0.1, 0.15) is 188 Å². The Morgan fingerprint density at radius 1 is 0.517 bits per heavy atom. The SMILES string of the molecule is Cc1cn(C)c(C(C)C)n1.Cc1cnc(C(C)C)n1C.Cc1nc(C(C)C)[n+](C)[nH]1.Cc1nc(C(C)C)[nH][n+]1C.Cc1ncc(C(C)C)n1C.Cc1nnc(C(C)C)n1C. The average Bonchev–Trinajstić information content (AvgIpc) is 3.99. The van der Waals surface area contributed by atoms with Crippen molar-refractivity contribution in [1.29, 1.82) is 0 Å². The molecule has 2 N–H and O–H groups in total. The lowest BCUT2D eigenvalue weighted by Crippen LogP contribution is -2.35. The van der Waals surface area contributed by atoms with Crippen molar-refractivity contribution in [3.8, 4) is 0 Å². The van der Waals surface area contributed by atoms with Crippen LogP contribution in [0.4, 0.5) is 0 Å². The summed E-state index contributed by atoms with van der Waals surface area (Å²) in [5.41, 5.74) is 3.63. The summed E-state index contributed by atoms with van der Waals surface area (Å²) >= 11 is 0. The van der Waals surface area contributed by atoms with Crippen LogP contribution < -0.4 is 9.36 Å². The summed E-state index contributed by atoms with van der Waals surface area (Å²) < 4.78 is 12.2. The van der Waals surface area contributed by atoms with Gasteiger partial charge in [0.05, 0.1) is 11.6 Å². The molecule has 0 aliphatic rings. The summed E-state index contributed by atoms with van der Waals surface area (Å²) in [7, 11) is 12.1. The van der Waals surface area contributed by atoms with Crippen molar-refractivity contribution in [3.63, 3.8) is 0 Å². The third-order valence-electron chi connectivity index (χ3n) is 9.88. The van der Waals surface area contributed by atoms with Crippen LogP contribution in [0.5, 0.6) is 0 Å². The molecule has 0 aromatic carbocycles. The van der Waals surface area contributed by atoms with E-state index in [0.29, 0.717) is 35.5 Å². The van der Waals surface area contributed by atoms with E-state index in [1.54, 1.807) is 0 Å². The van der Waals surface area contributed by atoms with Crippen LogP contribution in [-0.2, 0) is 42.3 Å². The highest BCUT2D eigenvalue weighted by molar-refractivity contribution is 5.08. The van der Waals surface area contributed by atoms with Gasteiger partial charge >= 0.3 is 11.6 Å². The minimum Gasteiger partial charge on any atom is -0.338 e. The van der Waals surface area contributed by atoms with Gasteiger partial charge in [-0.25, -0.2) is 15.0 Å². The second-order valence-corrected chi connectivity index (χ2v) is 17.5. The average molecular weight is 834 g/mol. The molecule has 0 aliphatic heterocycles. The molecule has 6 heterocycles. The van der Waals surface area contributed by atoms with Crippen LogP contribution in [0.25, 0.3) is 0 Å². The Bertz CT molecular complexity index is 1920. The number of aromatic nitrogens is 15. The number of nitrogens with one attached hydrogen (secondary N) is 2. The Kier molecular flexibility index (Phi) is 21.5. The van der Waals surface area contributed by atoms with Crippen LogP contribution >= 0.6 is 0 Å². The smallest absolute Gasteiger partial charge is 0.321 e. The van der Waals surface area contributed by atoms with E-state index in [0.717, 1.165) is 58.1 Å².